The molecule has 6 atom stereocenters. The molecule has 3 aliphatic rings. The summed E-state index contributed by atoms with van der Waals surface area (Å²) in [5.41, 5.74) is 1.01. The molecule has 1 amide bonds. The van der Waals surface area contributed by atoms with E-state index in [-0.39, 0.29) is 41.5 Å². The van der Waals surface area contributed by atoms with Crippen molar-refractivity contribution in [3.05, 3.63) is 26.7 Å². The molecule has 0 spiro atoms. The first-order valence-corrected chi connectivity index (χ1v) is 12.0. The summed E-state index contributed by atoms with van der Waals surface area (Å²) >= 11 is 3.16. The van der Waals surface area contributed by atoms with E-state index in [0.29, 0.717) is 6.42 Å². The molecule has 1 aromatic heterocycles. The smallest absolute Gasteiger partial charge is 0.353 e. The predicted molar refractivity (Wildman–Crippen MR) is 114 cm³/mol. The monoisotopic (exact) mass is 453 g/mol. The van der Waals surface area contributed by atoms with Gasteiger partial charge in [0.2, 0.25) is 5.91 Å². The summed E-state index contributed by atoms with van der Waals surface area (Å²) < 4.78 is 0. The minimum absolute atomic E-state index is 0.0939. The first-order valence-electron chi connectivity index (χ1n) is 10.2. The lowest BCUT2D eigenvalue weighted by Gasteiger charge is -2.46. The largest absolute Gasteiger partial charge is 0.477 e. The van der Waals surface area contributed by atoms with Crippen molar-refractivity contribution < 1.29 is 24.9 Å². The normalized spacial score (nSPS) is 31.8. The lowest BCUT2D eigenvalue weighted by molar-refractivity contribution is -0.163. The summed E-state index contributed by atoms with van der Waals surface area (Å²) in [5.74, 6) is -2.00. The first-order chi connectivity index (χ1) is 14.3. The van der Waals surface area contributed by atoms with Crippen molar-refractivity contribution in [1.29, 1.82) is 0 Å². The molecule has 1 aromatic rings. The number of thiazole rings is 1. The van der Waals surface area contributed by atoms with Gasteiger partial charge in [0, 0.05) is 53.5 Å². The fraction of sp³-hybridized carbons (Fsp3) is 0.650. The maximum atomic E-state index is 12.5. The summed E-state index contributed by atoms with van der Waals surface area (Å²) in [6.07, 6.45) is 1.49. The molecule has 4 rings (SSSR count). The van der Waals surface area contributed by atoms with Crippen molar-refractivity contribution in [2.45, 2.75) is 56.5 Å². The number of amides is 1. The molecule has 0 radical (unpaired) electrons. The molecule has 4 heterocycles. The number of hydrogen-bond donors (Lipinski definition) is 4. The number of thioether (sulfide) groups is 1. The summed E-state index contributed by atoms with van der Waals surface area (Å²) in [7, 11) is 0. The zero-order chi connectivity index (χ0) is 21.6. The van der Waals surface area contributed by atoms with E-state index in [1.54, 1.807) is 30.0 Å². The molecule has 8 nitrogen and oxygen atoms in total. The summed E-state index contributed by atoms with van der Waals surface area (Å²) in [6.45, 7) is 4.41. The van der Waals surface area contributed by atoms with Crippen LogP contribution in [-0.2, 0) is 22.4 Å². The van der Waals surface area contributed by atoms with Crippen molar-refractivity contribution in [3.8, 4) is 0 Å². The number of aliphatic hydroxyl groups excluding tert-OH is 2. The van der Waals surface area contributed by atoms with Crippen LogP contribution in [0.3, 0.4) is 0 Å². The van der Waals surface area contributed by atoms with Crippen LogP contribution in [0, 0.1) is 11.8 Å². The Bertz CT molecular complexity index is 870. The topological polar surface area (TPSA) is 123 Å². The lowest BCUT2D eigenvalue weighted by Crippen LogP contribution is -2.63. The lowest BCUT2D eigenvalue weighted by atomic mass is 9.79. The maximum absolute atomic E-state index is 12.5. The number of fused-ring (bicyclic) bond motifs is 1. The number of hydrogen-bond acceptors (Lipinski definition) is 8. The van der Waals surface area contributed by atoms with E-state index in [2.05, 4.69) is 10.3 Å². The van der Waals surface area contributed by atoms with Gasteiger partial charge in [0.1, 0.15) is 5.70 Å². The minimum atomic E-state index is -1.08. The van der Waals surface area contributed by atoms with Crippen molar-refractivity contribution in [2.75, 3.05) is 13.2 Å². The molecular formula is C20H27N3O5S2. The Morgan fingerprint density at radius 1 is 1.50 bits per heavy atom. The van der Waals surface area contributed by atoms with Gasteiger partial charge in [0.15, 0.2) is 0 Å². The Morgan fingerprint density at radius 3 is 2.93 bits per heavy atom. The second kappa shape index (κ2) is 8.58. The molecule has 0 bridgehead atoms. The van der Waals surface area contributed by atoms with E-state index in [4.69, 9.17) is 5.11 Å². The van der Waals surface area contributed by atoms with Crippen LogP contribution < -0.4 is 5.32 Å². The number of nitrogens with zero attached hydrogens (tertiary/aromatic N) is 2. The Balaban J connectivity index is 1.42. The highest BCUT2D eigenvalue weighted by Gasteiger charge is 2.60. The van der Waals surface area contributed by atoms with Gasteiger partial charge in [-0.1, -0.05) is 6.92 Å². The van der Waals surface area contributed by atoms with E-state index < -0.39 is 18.0 Å². The van der Waals surface area contributed by atoms with E-state index in [9.17, 15) is 19.8 Å². The van der Waals surface area contributed by atoms with Crippen molar-refractivity contribution in [3.63, 3.8) is 0 Å². The van der Waals surface area contributed by atoms with E-state index >= 15 is 0 Å². The molecule has 4 N–H and O–H groups in total. The quantitative estimate of drug-likeness (QED) is 0.427. The average molecular weight is 454 g/mol. The van der Waals surface area contributed by atoms with Crippen molar-refractivity contribution in [2.24, 2.45) is 11.8 Å². The first kappa shape index (κ1) is 21.8. The van der Waals surface area contributed by atoms with Crippen LogP contribution in [0.15, 0.2) is 16.0 Å². The van der Waals surface area contributed by atoms with Crippen LogP contribution in [0.25, 0.3) is 0 Å². The van der Waals surface area contributed by atoms with Crippen LogP contribution in [0.4, 0.5) is 0 Å². The van der Waals surface area contributed by atoms with Gasteiger partial charge in [-0.05, 0) is 13.3 Å². The number of carbonyl (C=O) groups excluding carboxylic acids is 1. The zero-order valence-electron chi connectivity index (χ0n) is 16.9. The minimum Gasteiger partial charge on any atom is -0.477 e. The second-order valence-electron chi connectivity index (χ2n) is 8.26. The Morgan fingerprint density at radius 2 is 2.27 bits per heavy atom. The number of rotatable bonds is 8. The van der Waals surface area contributed by atoms with Crippen LogP contribution >= 0.6 is 23.1 Å². The number of aliphatic carboxylic acids is 1. The highest BCUT2D eigenvalue weighted by Crippen LogP contribution is 2.51. The van der Waals surface area contributed by atoms with E-state index in [0.717, 1.165) is 35.0 Å². The number of aliphatic hydroxyl groups is 2. The maximum Gasteiger partial charge on any atom is 0.353 e. The molecule has 2 unspecified atom stereocenters. The molecule has 0 aliphatic carbocycles. The van der Waals surface area contributed by atoms with Crippen LogP contribution in [0.1, 0.15) is 31.0 Å². The molecule has 0 saturated carbocycles. The Labute approximate surface area is 183 Å². The number of β-lactam (4-membered cyclic amide) rings is 1. The second-order valence-corrected chi connectivity index (χ2v) is 10.5. The van der Waals surface area contributed by atoms with Gasteiger partial charge >= 0.3 is 5.97 Å². The molecule has 3 aliphatic heterocycles. The van der Waals surface area contributed by atoms with E-state index in [1.165, 1.54) is 4.90 Å². The molecule has 2 saturated heterocycles. The fourth-order valence-electron chi connectivity index (χ4n) is 4.77. The van der Waals surface area contributed by atoms with Gasteiger partial charge in [0.05, 0.1) is 28.8 Å². The van der Waals surface area contributed by atoms with Crippen LogP contribution in [0.2, 0.25) is 0 Å². The third-order valence-corrected chi connectivity index (χ3v) is 8.61. The Kier molecular flexibility index (Phi) is 6.23. The number of carbonyl (C=O) groups is 2. The molecule has 2 fully saturated rings. The number of nitrogens with one attached hydrogen (secondary N) is 1. The molecule has 10 heteroatoms. The van der Waals surface area contributed by atoms with Gasteiger partial charge in [-0.25, -0.2) is 9.78 Å². The van der Waals surface area contributed by atoms with Crippen molar-refractivity contribution in [1.82, 2.24) is 15.2 Å². The summed E-state index contributed by atoms with van der Waals surface area (Å²) in [5, 5.41) is 35.5. The standard InChI is InChI=1S/C20H27N3O5S2/c1-9-16-15(10(2)25)19(26)23(16)17(20(27)28)18(9)30-13-5-12(21-7-13)6-14-22-11(3-4-24)8-29-14/h8-10,12-13,15-16,21,24-25H,3-7H2,1-2H3,(H,27,28)/t9-,10-,12+,13+,15?,16?/m1/s1. The van der Waals surface area contributed by atoms with Gasteiger partial charge in [0.25, 0.3) is 0 Å². The number of carboxylic acids is 1. The average Bonchev–Trinajstić information content (AvgIpc) is 3.35. The van der Waals surface area contributed by atoms with Gasteiger partial charge in [-0.2, -0.15) is 0 Å². The highest BCUT2D eigenvalue weighted by molar-refractivity contribution is 8.03. The fourth-order valence-corrected chi connectivity index (χ4v) is 7.20. The van der Waals surface area contributed by atoms with E-state index in [1.807, 2.05) is 12.3 Å². The summed E-state index contributed by atoms with van der Waals surface area (Å²) in [4.78, 5) is 31.1. The third kappa shape index (κ3) is 3.80. The zero-order valence-corrected chi connectivity index (χ0v) is 18.6. The Hall–Kier alpha value is -1.46. The van der Waals surface area contributed by atoms with Gasteiger partial charge in [-0.3, -0.25) is 4.79 Å². The van der Waals surface area contributed by atoms with Gasteiger partial charge < -0.3 is 25.5 Å². The molecular weight excluding hydrogens is 426 g/mol. The van der Waals surface area contributed by atoms with Gasteiger partial charge in [-0.15, -0.1) is 23.1 Å². The molecule has 164 valence electrons. The summed E-state index contributed by atoms with van der Waals surface area (Å²) in [6, 6.07) is 0.00149. The van der Waals surface area contributed by atoms with Crippen LogP contribution in [-0.4, -0.2) is 73.7 Å². The molecule has 0 aromatic carbocycles. The molecule has 30 heavy (non-hydrogen) atoms. The van der Waals surface area contributed by atoms with Crippen LogP contribution in [0.5, 0.6) is 0 Å². The third-order valence-electron chi connectivity index (χ3n) is 6.17. The number of aromatic nitrogens is 1. The SMILES string of the molecule is C[C@@H](O)C1C(=O)N2C(C(=O)O)=C(S[C@@H]3CN[C@H](Cc4nc(CCO)cs4)C3)[C@H](C)C12. The highest BCUT2D eigenvalue weighted by atomic mass is 32.2. The van der Waals surface area contributed by atoms with Crippen molar-refractivity contribution >= 4 is 35.0 Å². The number of carboxylic acid groups (broad SMARTS) is 1. The predicted octanol–water partition coefficient (Wildman–Crippen LogP) is 0.838.